The first-order valence-electron chi connectivity index (χ1n) is 7.48. The number of rotatable bonds is 2. The van der Waals surface area contributed by atoms with Crippen LogP contribution in [0.15, 0.2) is 18.5 Å². The minimum atomic E-state index is -0.0707. The summed E-state index contributed by atoms with van der Waals surface area (Å²) in [5.41, 5.74) is 6.75. The predicted octanol–water partition coefficient (Wildman–Crippen LogP) is 2.09. The van der Waals surface area contributed by atoms with E-state index in [1.807, 2.05) is 0 Å². The van der Waals surface area contributed by atoms with Crippen molar-refractivity contribution in [3.05, 3.63) is 29.6 Å². The summed E-state index contributed by atoms with van der Waals surface area (Å²) in [4.78, 5) is 16.6. The van der Waals surface area contributed by atoms with Crippen molar-refractivity contribution in [3.63, 3.8) is 0 Å². The first kappa shape index (κ1) is 15.5. The van der Waals surface area contributed by atoms with Gasteiger partial charge in [-0.05, 0) is 24.3 Å². The molecule has 1 aliphatic rings. The van der Waals surface area contributed by atoms with Crippen LogP contribution in [-0.2, 0) is 0 Å². The van der Waals surface area contributed by atoms with Crippen molar-refractivity contribution in [2.24, 2.45) is 11.1 Å². The highest BCUT2D eigenvalue weighted by Gasteiger charge is 2.33. The molecule has 1 aromatic rings. The van der Waals surface area contributed by atoms with Gasteiger partial charge in [-0.15, -0.1) is 0 Å². The molecule has 0 aromatic carbocycles. The lowest BCUT2D eigenvalue weighted by molar-refractivity contribution is 0.0853. The zero-order valence-corrected chi connectivity index (χ0v) is 12.8. The highest BCUT2D eigenvalue weighted by molar-refractivity contribution is 5.96. The number of nitrogens with zero attached hydrogens (tertiary/aromatic N) is 1. The van der Waals surface area contributed by atoms with Gasteiger partial charge in [0.05, 0.1) is 17.7 Å². The lowest BCUT2D eigenvalue weighted by atomic mass is 9.73. The number of nitrogens with two attached hydrogens (primary N) is 1. The number of amides is 1. The van der Waals surface area contributed by atoms with Crippen LogP contribution in [0.5, 0.6) is 0 Å². The molecule has 0 spiro atoms. The fraction of sp³-hybridized carbons (Fsp3) is 0.529. The van der Waals surface area contributed by atoms with Gasteiger partial charge >= 0.3 is 0 Å². The topological polar surface area (TPSA) is 68.0 Å². The molecule has 1 saturated carbocycles. The molecule has 0 aliphatic heterocycles. The Hall–Kier alpha value is -1.86. The largest absolute Gasteiger partial charge is 0.349 e. The number of carbonyl (C=O) groups excluding carboxylic acids is 1. The van der Waals surface area contributed by atoms with Crippen LogP contribution < -0.4 is 11.1 Å². The first-order valence-corrected chi connectivity index (χ1v) is 7.48. The van der Waals surface area contributed by atoms with Gasteiger partial charge in [0.1, 0.15) is 0 Å². The minimum absolute atomic E-state index is 0.0707. The SMILES string of the molecule is CC1(C)CCCCC1NC(=O)c1ccncc1C#CCN. The molecule has 1 heterocycles. The molecule has 0 bridgehead atoms. The summed E-state index contributed by atoms with van der Waals surface area (Å²) in [7, 11) is 0. The third kappa shape index (κ3) is 3.83. The van der Waals surface area contributed by atoms with Crippen LogP contribution in [0.4, 0.5) is 0 Å². The first-order chi connectivity index (χ1) is 10.0. The molecule has 2 rings (SSSR count). The Bertz CT molecular complexity index is 569. The van der Waals surface area contributed by atoms with E-state index in [0.717, 1.165) is 12.8 Å². The molecule has 1 amide bonds. The lowest BCUT2D eigenvalue weighted by Gasteiger charge is -2.39. The second kappa shape index (κ2) is 6.73. The highest BCUT2D eigenvalue weighted by Crippen LogP contribution is 2.35. The zero-order valence-electron chi connectivity index (χ0n) is 12.8. The number of hydrogen-bond acceptors (Lipinski definition) is 3. The molecule has 1 fully saturated rings. The van der Waals surface area contributed by atoms with E-state index in [1.54, 1.807) is 18.5 Å². The highest BCUT2D eigenvalue weighted by atomic mass is 16.1. The van der Waals surface area contributed by atoms with Crippen LogP contribution in [0, 0.1) is 17.3 Å². The van der Waals surface area contributed by atoms with Crippen LogP contribution in [0.1, 0.15) is 55.5 Å². The molecule has 1 aliphatic carbocycles. The normalized spacial score (nSPS) is 20.2. The average molecular weight is 285 g/mol. The Morgan fingerprint density at radius 1 is 1.52 bits per heavy atom. The molecule has 1 aromatic heterocycles. The number of nitrogens with one attached hydrogen (secondary N) is 1. The molecule has 0 radical (unpaired) electrons. The van der Waals surface area contributed by atoms with Crippen LogP contribution in [0.25, 0.3) is 0 Å². The van der Waals surface area contributed by atoms with Crippen LogP contribution in [-0.4, -0.2) is 23.5 Å². The van der Waals surface area contributed by atoms with E-state index in [-0.39, 0.29) is 23.9 Å². The van der Waals surface area contributed by atoms with E-state index < -0.39 is 0 Å². The maximum absolute atomic E-state index is 12.5. The van der Waals surface area contributed by atoms with Crippen molar-refractivity contribution in [1.29, 1.82) is 0 Å². The van der Waals surface area contributed by atoms with Gasteiger partial charge < -0.3 is 11.1 Å². The van der Waals surface area contributed by atoms with Gasteiger partial charge in [-0.3, -0.25) is 9.78 Å². The van der Waals surface area contributed by atoms with Gasteiger partial charge in [-0.2, -0.15) is 0 Å². The summed E-state index contributed by atoms with van der Waals surface area (Å²) in [5, 5.41) is 3.18. The summed E-state index contributed by atoms with van der Waals surface area (Å²) in [5.74, 6) is 5.62. The zero-order chi connectivity index (χ0) is 15.3. The summed E-state index contributed by atoms with van der Waals surface area (Å²) in [6.45, 7) is 4.71. The predicted molar refractivity (Wildman–Crippen MR) is 83.7 cm³/mol. The summed E-state index contributed by atoms with van der Waals surface area (Å²) in [6.07, 6.45) is 7.83. The number of carbonyl (C=O) groups is 1. The maximum Gasteiger partial charge on any atom is 0.252 e. The summed E-state index contributed by atoms with van der Waals surface area (Å²) < 4.78 is 0. The van der Waals surface area contributed by atoms with E-state index in [0.29, 0.717) is 11.1 Å². The van der Waals surface area contributed by atoms with Crippen molar-refractivity contribution in [2.45, 2.75) is 45.6 Å². The Labute approximate surface area is 126 Å². The van der Waals surface area contributed by atoms with Crippen molar-refractivity contribution in [3.8, 4) is 11.8 Å². The van der Waals surface area contributed by atoms with Crippen molar-refractivity contribution >= 4 is 5.91 Å². The van der Waals surface area contributed by atoms with Gasteiger partial charge in [-0.25, -0.2) is 0 Å². The van der Waals surface area contributed by atoms with Gasteiger partial charge in [0.15, 0.2) is 0 Å². The number of aromatic nitrogens is 1. The second-order valence-corrected chi connectivity index (χ2v) is 6.19. The summed E-state index contributed by atoms with van der Waals surface area (Å²) >= 11 is 0. The monoisotopic (exact) mass is 285 g/mol. The Kier molecular flexibility index (Phi) is 4.98. The molecule has 3 N–H and O–H groups in total. The van der Waals surface area contributed by atoms with E-state index in [9.17, 15) is 4.79 Å². The third-order valence-electron chi connectivity index (χ3n) is 4.20. The smallest absolute Gasteiger partial charge is 0.252 e. The molecule has 4 nitrogen and oxygen atoms in total. The van der Waals surface area contributed by atoms with E-state index in [1.165, 1.54) is 12.8 Å². The fourth-order valence-electron chi connectivity index (χ4n) is 2.84. The second-order valence-electron chi connectivity index (χ2n) is 6.19. The molecule has 21 heavy (non-hydrogen) atoms. The third-order valence-corrected chi connectivity index (χ3v) is 4.20. The van der Waals surface area contributed by atoms with Crippen LogP contribution in [0.2, 0.25) is 0 Å². The molecular formula is C17H23N3O. The van der Waals surface area contributed by atoms with Gasteiger partial charge in [-0.1, -0.05) is 38.5 Å². The Balaban J connectivity index is 2.17. The van der Waals surface area contributed by atoms with E-state index in [2.05, 4.69) is 36.0 Å². The molecule has 4 heteroatoms. The fourth-order valence-corrected chi connectivity index (χ4v) is 2.84. The van der Waals surface area contributed by atoms with Crippen molar-refractivity contribution in [1.82, 2.24) is 10.3 Å². The lowest BCUT2D eigenvalue weighted by Crippen LogP contribution is -2.47. The number of hydrogen-bond donors (Lipinski definition) is 2. The molecule has 1 atom stereocenters. The standard InChI is InChI=1S/C17H23N3O/c1-17(2)9-4-3-7-15(17)20-16(21)14-8-11-19-12-13(14)6-5-10-18/h8,11-12,15H,3-4,7,9-10,18H2,1-2H3,(H,20,21). The van der Waals surface area contributed by atoms with Crippen molar-refractivity contribution in [2.75, 3.05) is 6.54 Å². The minimum Gasteiger partial charge on any atom is -0.349 e. The van der Waals surface area contributed by atoms with Crippen LogP contribution >= 0.6 is 0 Å². The molecule has 1 unspecified atom stereocenters. The average Bonchev–Trinajstić information content (AvgIpc) is 2.47. The Morgan fingerprint density at radius 3 is 3.05 bits per heavy atom. The van der Waals surface area contributed by atoms with Gasteiger partial charge in [0.25, 0.3) is 5.91 Å². The molecular weight excluding hydrogens is 262 g/mol. The number of pyridine rings is 1. The maximum atomic E-state index is 12.5. The van der Waals surface area contributed by atoms with E-state index in [4.69, 9.17) is 5.73 Å². The molecule has 0 saturated heterocycles. The quantitative estimate of drug-likeness (QED) is 0.818. The molecule has 112 valence electrons. The van der Waals surface area contributed by atoms with E-state index >= 15 is 0 Å². The van der Waals surface area contributed by atoms with Crippen molar-refractivity contribution < 1.29 is 4.79 Å². The van der Waals surface area contributed by atoms with Crippen LogP contribution in [0.3, 0.4) is 0 Å². The Morgan fingerprint density at radius 2 is 2.33 bits per heavy atom. The summed E-state index contributed by atoms with van der Waals surface area (Å²) in [6, 6.07) is 1.92. The van der Waals surface area contributed by atoms with Gasteiger partial charge in [0.2, 0.25) is 0 Å². The van der Waals surface area contributed by atoms with Gasteiger partial charge in [0, 0.05) is 18.4 Å².